The number of hydrogen-bond donors (Lipinski definition) is 1. The quantitative estimate of drug-likeness (QED) is 0.711. The lowest BCUT2D eigenvalue weighted by atomic mass is 10.0. The van der Waals surface area contributed by atoms with E-state index in [1.54, 1.807) is 0 Å². The van der Waals surface area contributed by atoms with Crippen LogP contribution in [0.4, 0.5) is 5.69 Å². The Bertz CT molecular complexity index is 695. The van der Waals surface area contributed by atoms with Crippen LogP contribution in [0.15, 0.2) is 42.5 Å². The van der Waals surface area contributed by atoms with E-state index in [0.29, 0.717) is 6.04 Å². The number of fused-ring (bicyclic) bond motifs is 5. The summed E-state index contributed by atoms with van der Waals surface area (Å²) < 4.78 is 0. The number of para-hydroxylation sites is 1. The van der Waals surface area contributed by atoms with Gasteiger partial charge < -0.3 is 5.32 Å². The molecule has 1 atom stereocenters. The van der Waals surface area contributed by atoms with E-state index in [0.717, 1.165) is 0 Å². The van der Waals surface area contributed by atoms with Crippen molar-refractivity contribution >= 4 is 16.8 Å². The van der Waals surface area contributed by atoms with E-state index in [1.165, 1.54) is 39.1 Å². The molecule has 1 heteroatoms. The van der Waals surface area contributed by atoms with Crippen molar-refractivity contribution in [2.24, 2.45) is 0 Å². The molecular formula is C17H15N. The molecule has 0 saturated carbocycles. The second-order valence-electron chi connectivity index (χ2n) is 5.25. The maximum Gasteiger partial charge on any atom is 0.0783 e. The van der Waals surface area contributed by atoms with E-state index >= 15 is 0 Å². The van der Waals surface area contributed by atoms with Crippen LogP contribution in [0.5, 0.6) is 0 Å². The van der Waals surface area contributed by atoms with E-state index in [1.807, 2.05) is 0 Å². The lowest BCUT2D eigenvalue weighted by Crippen LogP contribution is -2.02. The van der Waals surface area contributed by atoms with E-state index < -0.39 is 0 Å². The summed E-state index contributed by atoms with van der Waals surface area (Å²) in [5.74, 6) is 0. The zero-order valence-corrected chi connectivity index (χ0v) is 10.6. The molecule has 18 heavy (non-hydrogen) atoms. The highest BCUT2D eigenvalue weighted by molar-refractivity contribution is 6.05. The molecule has 1 nitrogen and oxygen atoms in total. The number of anilines is 1. The second-order valence-corrected chi connectivity index (χ2v) is 5.25. The third-order valence-electron chi connectivity index (χ3n) is 4.13. The Labute approximate surface area is 107 Å². The van der Waals surface area contributed by atoms with Crippen LogP contribution in [0.3, 0.4) is 0 Å². The maximum absolute atomic E-state index is 3.65. The van der Waals surface area contributed by atoms with Crippen molar-refractivity contribution in [3.63, 3.8) is 0 Å². The first-order valence-corrected chi connectivity index (χ1v) is 6.43. The van der Waals surface area contributed by atoms with E-state index in [2.05, 4.69) is 61.6 Å². The van der Waals surface area contributed by atoms with Gasteiger partial charge >= 0.3 is 0 Å². The molecule has 2 aromatic carbocycles. The molecule has 88 valence electrons. The molecular weight excluding hydrogens is 218 g/mol. The van der Waals surface area contributed by atoms with Gasteiger partial charge in [-0.3, -0.25) is 0 Å². The van der Waals surface area contributed by atoms with E-state index in [4.69, 9.17) is 0 Å². The molecule has 2 aromatic rings. The first kappa shape index (κ1) is 9.95. The van der Waals surface area contributed by atoms with Crippen LogP contribution < -0.4 is 5.32 Å². The van der Waals surface area contributed by atoms with Gasteiger partial charge in [-0.2, -0.15) is 0 Å². The largest absolute Gasteiger partial charge is 0.374 e. The molecule has 1 aliphatic heterocycles. The molecule has 1 aliphatic carbocycles. The van der Waals surface area contributed by atoms with Gasteiger partial charge in [-0.1, -0.05) is 42.0 Å². The molecule has 0 bridgehead atoms. The van der Waals surface area contributed by atoms with Gasteiger partial charge in [-0.15, -0.1) is 0 Å². The van der Waals surface area contributed by atoms with Gasteiger partial charge in [-0.05, 0) is 42.2 Å². The average Bonchev–Trinajstić information content (AvgIpc) is 2.87. The highest BCUT2D eigenvalue weighted by Crippen LogP contribution is 2.53. The minimum absolute atomic E-state index is 0.359. The third kappa shape index (κ3) is 1.11. The van der Waals surface area contributed by atoms with Gasteiger partial charge in [0, 0.05) is 11.3 Å². The Morgan fingerprint density at radius 1 is 0.944 bits per heavy atom. The van der Waals surface area contributed by atoms with Crippen molar-refractivity contribution < 1.29 is 0 Å². The van der Waals surface area contributed by atoms with Crippen molar-refractivity contribution in [2.45, 2.75) is 19.9 Å². The normalized spacial score (nSPS) is 19.3. The van der Waals surface area contributed by atoms with Crippen LogP contribution >= 0.6 is 0 Å². The molecule has 1 unspecified atom stereocenters. The Kier molecular flexibility index (Phi) is 1.80. The fourth-order valence-electron chi connectivity index (χ4n) is 3.29. The van der Waals surface area contributed by atoms with Gasteiger partial charge in [-0.25, -0.2) is 0 Å². The summed E-state index contributed by atoms with van der Waals surface area (Å²) >= 11 is 0. The van der Waals surface area contributed by atoms with Gasteiger partial charge in [0.25, 0.3) is 0 Å². The minimum Gasteiger partial charge on any atom is -0.374 e. The highest BCUT2D eigenvalue weighted by Gasteiger charge is 2.35. The second kappa shape index (κ2) is 3.26. The van der Waals surface area contributed by atoms with Crippen LogP contribution in [0.25, 0.3) is 11.1 Å². The van der Waals surface area contributed by atoms with E-state index in [-0.39, 0.29) is 0 Å². The summed E-state index contributed by atoms with van der Waals surface area (Å²) in [6.45, 7) is 4.41. The molecule has 0 spiro atoms. The molecule has 1 N–H and O–H groups in total. The number of benzene rings is 2. The predicted octanol–water partition coefficient (Wildman–Crippen LogP) is 4.41. The van der Waals surface area contributed by atoms with Crippen molar-refractivity contribution in [2.75, 3.05) is 5.32 Å². The third-order valence-corrected chi connectivity index (χ3v) is 4.13. The maximum atomic E-state index is 3.65. The molecule has 1 heterocycles. The van der Waals surface area contributed by atoms with E-state index in [9.17, 15) is 0 Å². The van der Waals surface area contributed by atoms with Crippen molar-refractivity contribution in [3.8, 4) is 0 Å². The number of rotatable bonds is 0. The Morgan fingerprint density at radius 2 is 1.78 bits per heavy atom. The molecule has 0 amide bonds. The fraction of sp³-hybridized carbons (Fsp3) is 0.176. The lowest BCUT2D eigenvalue weighted by Gasteiger charge is -2.11. The number of nitrogens with one attached hydrogen (secondary N) is 1. The molecule has 0 radical (unpaired) electrons. The van der Waals surface area contributed by atoms with Crippen LogP contribution in [0.1, 0.15) is 35.2 Å². The first-order chi connectivity index (χ1) is 8.75. The topological polar surface area (TPSA) is 12.0 Å². The summed E-state index contributed by atoms with van der Waals surface area (Å²) in [6, 6.07) is 15.7. The molecule has 0 aromatic heterocycles. The first-order valence-electron chi connectivity index (χ1n) is 6.43. The Balaban J connectivity index is 1.99. The van der Waals surface area contributed by atoms with Crippen LogP contribution in [0, 0.1) is 6.92 Å². The highest BCUT2D eigenvalue weighted by atomic mass is 15.0. The summed E-state index contributed by atoms with van der Waals surface area (Å²) in [4.78, 5) is 0. The van der Waals surface area contributed by atoms with Gasteiger partial charge in [0.05, 0.1) is 6.04 Å². The molecule has 0 fully saturated rings. The minimum atomic E-state index is 0.359. The number of aryl methyl sites for hydroxylation is 1. The van der Waals surface area contributed by atoms with Gasteiger partial charge in [0.1, 0.15) is 0 Å². The van der Waals surface area contributed by atoms with Gasteiger partial charge in [0.2, 0.25) is 0 Å². The summed E-state index contributed by atoms with van der Waals surface area (Å²) in [5, 5.41) is 3.65. The predicted molar refractivity (Wildman–Crippen MR) is 76.5 cm³/mol. The van der Waals surface area contributed by atoms with Crippen molar-refractivity contribution in [1.82, 2.24) is 0 Å². The van der Waals surface area contributed by atoms with Crippen molar-refractivity contribution in [1.29, 1.82) is 0 Å². The fourth-order valence-corrected chi connectivity index (χ4v) is 3.29. The zero-order valence-electron chi connectivity index (χ0n) is 10.6. The lowest BCUT2D eigenvalue weighted by molar-refractivity contribution is 1.06. The molecule has 0 saturated heterocycles. The SMILES string of the molecule is CC1=C2c3ccccc3NC2c2cc(C)ccc21. The number of allylic oxidation sites excluding steroid dienone is 1. The molecule has 4 rings (SSSR count). The molecule has 2 aliphatic rings. The standard InChI is InChI=1S/C17H15N/c1-10-7-8-12-11(2)16-13-5-3-4-6-15(13)18-17(16)14(12)9-10/h3-9,17-18H,1-2H3. The van der Waals surface area contributed by atoms with Crippen LogP contribution in [0.2, 0.25) is 0 Å². The smallest absolute Gasteiger partial charge is 0.0783 e. The zero-order chi connectivity index (χ0) is 12.3. The summed E-state index contributed by atoms with van der Waals surface area (Å²) in [6.07, 6.45) is 0. The van der Waals surface area contributed by atoms with Crippen LogP contribution in [-0.2, 0) is 0 Å². The summed E-state index contributed by atoms with van der Waals surface area (Å²) in [5.41, 5.74) is 9.69. The monoisotopic (exact) mass is 233 g/mol. The van der Waals surface area contributed by atoms with Crippen molar-refractivity contribution in [3.05, 3.63) is 64.7 Å². The van der Waals surface area contributed by atoms with Gasteiger partial charge in [0.15, 0.2) is 0 Å². The Morgan fingerprint density at radius 3 is 2.67 bits per heavy atom. The summed E-state index contributed by atoms with van der Waals surface area (Å²) in [7, 11) is 0. The van der Waals surface area contributed by atoms with Crippen LogP contribution in [-0.4, -0.2) is 0 Å². The average molecular weight is 233 g/mol. The Hall–Kier alpha value is -2.02. The number of hydrogen-bond acceptors (Lipinski definition) is 1.